The molecule has 0 bridgehead atoms. The lowest BCUT2D eigenvalue weighted by atomic mass is 10.0. The van der Waals surface area contributed by atoms with Crippen LogP contribution in [-0.2, 0) is 4.74 Å². The van der Waals surface area contributed by atoms with E-state index >= 15 is 0 Å². The molecule has 2 rings (SSSR count). The Bertz CT molecular complexity index is 447. The Morgan fingerprint density at radius 2 is 2.33 bits per heavy atom. The van der Waals surface area contributed by atoms with Crippen molar-refractivity contribution in [3.63, 3.8) is 0 Å². The van der Waals surface area contributed by atoms with Crippen molar-refractivity contribution in [2.75, 3.05) is 13.2 Å². The van der Waals surface area contributed by atoms with Crippen LogP contribution in [0.4, 0.5) is 4.39 Å². The van der Waals surface area contributed by atoms with Gasteiger partial charge in [0.1, 0.15) is 11.6 Å². The second kappa shape index (κ2) is 6.21. The van der Waals surface area contributed by atoms with Crippen LogP contribution in [0.25, 0.3) is 0 Å². The average molecular weight is 270 g/mol. The van der Waals surface area contributed by atoms with Gasteiger partial charge in [-0.1, -0.05) is 18.5 Å². The highest BCUT2D eigenvalue weighted by molar-refractivity contribution is 6.30. The van der Waals surface area contributed by atoms with E-state index in [1.807, 2.05) is 13.0 Å². The molecule has 4 heteroatoms. The molecule has 1 N–H and O–H groups in total. The van der Waals surface area contributed by atoms with Crippen molar-refractivity contribution in [2.24, 2.45) is 0 Å². The molecule has 0 aliphatic carbocycles. The monoisotopic (exact) mass is 269 g/mol. The summed E-state index contributed by atoms with van der Waals surface area (Å²) in [5.74, 6) is 0.532. The van der Waals surface area contributed by atoms with E-state index in [0.29, 0.717) is 17.2 Å². The first kappa shape index (κ1) is 13.4. The van der Waals surface area contributed by atoms with E-state index in [4.69, 9.17) is 16.3 Å². The van der Waals surface area contributed by atoms with E-state index in [-0.39, 0.29) is 11.9 Å². The first-order chi connectivity index (χ1) is 8.72. The second-order valence-electron chi connectivity index (χ2n) is 4.25. The molecular weight excluding hydrogens is 253 g/mol. The van der Waals surface area contributed by atoms with Crippen molar-refractivity contribution in [3.05, 3.63) is 46.4 Å². The molecule has 0 amide bonds. The zero-order valence-electron chi connectivity index (χ0n) is 10.4. The van der Waals surface area contributed by atoms with Crippen LogP contribution in [0.2, 0.25) is 5.02 Å². The van der Waals surface area contributed by atoms with E-state index in [1.165, 1.54) is 6.07 Å². The minimum absolute atomic E-state index is 0.256. The van der Waals surface area contributed by atoms with Crippen molar-refractivity contribution >= 4 is 11.6 Å². The third-order valence-electron chi connectivity index (χ3n) is 2.92. The smallest absolute Gasteiger partial charge is 0.128 e. The minimum atomic E-state index is -0.263. The normalized spacial score (nSPS) is 16.9. The van der Waals surface area contributed by atoms with Gasteiger partial charge in [0.2, 0.25) is 0 Å². The number of benzene rings is 1. The highest BCUT2D eigenvalue weighted by Gasteiger charge is 2.22. The second-order valence-corrected chi connectivity index (χ2v) is 4.69. The highest BCUT2D eigenvalue weighted by Crippen LogP contribution is 2.29. The molecular formula is C14H17ClFNO. The fourth-order valence-electron chi connectivity index (χ4n) is 2.08. The van der Waals surface area contributed by atoms with E-state index in [9.17, 15) is 4.39 Å². The van der Waals surface area contributed by atoms with Gasteiger partial charge in [-0.3, -0.25) is 0 Å². The molecule has 2 nitrogen and oxygen atoms in total. The SMILES string of the molecule is CCNC(C1=CCCCO1)c1cc(Cl)ccc1F. The summed E-state index contributed by atoms with van der Waals surface area (Å²) in [7, 11) is 0. The minimum Gasteiger partial charge on any atom is -0.496 e. The van der Waals surface area contributed by atoms with E-state index < -0.39 is 0 Å². The maximum absolute atomic E-state index is 13.9. The zero-order valence-corrected chi connectivity index (χ0v) is 11.1. The lowest BCUT2D eigenvalue weighted by Gasteiger charge is -2.25. The van der Waals surface area contributed by atoms with Crippen LogP contribution in [0.1, 0.15) is 31.4 Å². The van der Waals surface area contributed by atoms with Crippen LogP contribution in [0.5, 0.6) is 0 Å². The summed E-state index contributed by atoms with van der Waals surface area (Å²) >= 11 is 5.95. The number of hydrogen-bond donors (Lipinski definition) is 1. The van der Waals surface area contributed by atoms with Gasteiger partial charge in [-0.05, 0) is 43.7 Å². The van der Waals surface area contributed by atoms with Gasteiger partial charge in [-0.15, -0.1) is 0 Å². The van der Waals surface area contributed by atoms with Gasteiger partial charge < -0.3 is 10.1 Å². The third-order valence-corrected chi connectivity index (χ3v) is 3.16. The Morgan fingerprint density at radius 3 is 3.00 bits per heavy atom. The molecule has 0 saturated carbocycles. The first-order valence-corrected chi connectivity index (χ1v) is 6.61. The summed E-state index contributed by atoms with van der Waals surface area (Å²) in [6, 6.07) is 4.35. The van der Waals surface area contributed by atoms with Crippen LogP contribution in [0.15, 0.2) is 30.0 Å². The quantitative estimate of drug-likeness (QED) is 0.897. The Hall–Kier alpha value is -1.06. The van der Waals surface area contributed by atoms with Crippen molar-refractivity contribution < 1.29 is 9.13 Å². The first-order valence-electron chi connectivity index (χ1n) is 6.23. The van der Waals surface area contributed by atoms with Gasteiger partial charge in [0.05, 0.1) is 12.6 Å². The summed E-state index contributed by atoms with van der Waals surface area (Å²) < 4.78 is 19.5. The van der Waals surface area contributed by atoms with E-state index in [2.05, 4.69) is 5.32 Å². The molecule has 0 fully saturated rings. The molecule has 1 heterocycles. The molecule has 1 aromatic carbocycles. The fourth-order valence-corrected chi connectivity index (χ4v) is 2.26. The number of likely N-dealkylation sites (N-methyl/N-ethyl adjacent to an activating group) is 1. The van der Waals surface area contributed by atoms with Gasteiger partial charge in [0.25, 0.3) is 0 Å². The van der Waals surface area contributed by atoms with Gasteiger partial charge in [0, 0.05) is 10.6 Å². The van der Waals surface area contributed by atoms with Gasteiger partial charge in [0.15, 0.2) is 0 Å². The Balaban J connectivity index is 2.34. The molecule has 1 unspecified atom stereocenters. The standard InChI is InChI=1S/C14H17ClFNO/c1-2-17-14(13-5-3-4-8-18-13)11-9-10(15)6-7-12(11)16/h5-7,9,14,17H,2-4,8H2,1H3. The Labute approximate surface area is 112 Å². The van der Waals surface area contributed by atoms with Crippen molar-refractivity contribution in [2.45, 2.75) is 25.8 Å². The van der Waals surface area contributed by atoms with Crippen LogP contribution in [0, 0.1) is 5.82 Å². The Kier molecular flexibility index (Phi) is 4.61. The number of ether oxygens (including phenoxy) is 1. The molecule has 18 heavy (non-hydrogen) atoms. The van der Waals surface area contributed by atoms with Gasteiger partial charge >= 0.3 is 0 Å². The lowest BCUT2D eigenvalue weighted by molar-refractivity contribution is 0.167. The molecule has 0 radical (unpaired) electrons. The molecule has 0 saturated heterocycles. The average Bonchev–Trinajstić information content (AvgIpc) is 2.40. The van der Waals surface area contributed by atoms with Crippen LogP contribution < -0.4 is 5.32 Å². The van der Waals surface area contributed by atoms with Crippen molar-refractivity contribution in [1.82, 2.24) is 5.32 Å². The molecule has 1 aliphatic rings. The fraction of sp³-hybridized carbons (Fsp3) is 0.429. The summed E-state index contributed by atoms with van der Waals surface area (Å²) in [6.07, 6.45) is 4.01. The predicted octanol–water partition coefficient (Wildman–Crippen LogP) is 3.82. The summed E-state index contributed by atoms with van der Waals surface area (Å²) in [4.78, 5) is 0. The largest absolute Gasteiger partial charge is 0.496 e. The Morgan fingerprint density at radius 1 is 1.50 bits per heavy atom. The van der Waals surface area contributed by atoms with Crippen molar-refractivity contribution in [3.8, 4) is 0 Å². The number of halogens is 2. The van der Waals surface area contributed by atoms with E-state index in [0.717, 1.165) is 25.1 Å². The summed E-state index contributed by atoms with van der Waals surface area (Å²) in [6.45, 7) is 3.41. The molecule has 98 valence electrons. The number of hydrogen-bond acceptors (Lipinski definition) is 2. The molecule has 0 aromatic heterocycles. The van der Waals surface area contributed by atoms with E-state index in [1.54, 1.807) is 12.1 Å². The van der Waals surface area contributed by atoms with Gasteiger partial charge in [-0.2, -0.15) is 0 Å². The lowest BCUT2D eigenvalue weighted by Crippen LogP contribution is -2.26. The van der Waals surface area contributed by atoms with Crippen LogP contribution >= 0.6 is 11.6 Å². The zero-order chi connectivity index (χ0) is 13.0. The summed E-state index contributed by atoms with van der Waals surface area (Å²) in [5, 5.41) is 3.78. The topological polar surface area (TPSA) is 21.3 Å². The molecule has 1 atom stereocenters. The van der Waals surface area contributed by atoms with Crippen LogP contribution in [0.3, 0.4) is 0 Å². The number of nitrogens with one attached hydrogen (secondary N) is 1. The predicted molar refractivity (Wildman–Crippen MR) is 71.1 cm³/mol. The summed E-state index contributed by atoms with van der Waals surface area (Å²) in [5.41, 5.74) is 0.539. The molecule has 0 spiro atoms. The maximum atomic E-state index is 13.9. The highest BCUT2D eigenvalue weighted by atomic mass is 35.5. The number of allylic oxidation sites excluding steroid dienone is 1. The molecule has 1 aromatic rings. The van der Waals surface area contributed by atoms with Crippen molar-refractivity contribution in [1.29, 1.82) is 0 Å². The number of rotatable bonds is 4. The third kappa shape index (κ3) is 3.03. The van der Waals surface area contributed by atoms with Gasteiger partial charge in [-0.25, -0.2) is 4.39 Å². The molecule has 1 aliphatic heterocycles. The maximum Gasteiger partial charge on any atom is 0.128 e. The van der Waals surface area contributed by atoms with Crippen LogP contribution in [-0.4, -0.2) is 13.2 Å².